The number of hydrogen-bond donors (Lipinski definition) is 3. The van der Waals surface area contributed by atoms with Gasteiger partial charge < -0.3 is 20.3 Å². The molecule has 0 radical (unpaired) electrons. The zero-order valence-electron chi connectivity index (χ0n) is 11.4. The van der Waals surface area contributed by atoms with Gasteiger partial charge >= 0.3 is 12.1 Å². The zero-order valence-corrected chi connectivity index (χ0v) is 11.4. The number of carboxylic acids is 1. The molecule has 0 saturated heterocycles. The third kappa shape index (κ3) is 8.81. The summed E-state index contributed by atoms with van der Waals surface area (Å²) in [5, 5.41) is 20.7. The molecule has 0 aliphatic heterocycles. The maximum Gasteiger partial charge on any atom is 0.407 e. The van der Waals surface area contributed by atoms with Crippen molar-refractivity contribution in [2.75, 3.05) is 6.54 Å². The van der Waals surface area contributed by atoms with Crippen LogP contribution in [0.3, 0.4) is 0 Å². The Bertz CT molecular complexity index is 285. The van der Waals surface area contributed by atoms with Gasteiger partial charge in [0.2, 0.25) is 0 Å². The van der Waals surface area contributed by atoms with Crippen LogP contribution in [0, 0.1) is 5.92 Å². The summed E-state index contributed by atoms with van der Waals surface area (Å²) in [7, 11) is 0. The normalized spacial score (nSPS) is 14.7. The van der Waals surface area contributed by atoms with Crippen LogP contribution in [0.5, 0.6) is 0 Å². The first-order chi connectivity index (χ1) is 8.11. The predicted octanol–water partition coefficient (Wildman–Crippen LogP) is 1.37. The summed E-state index contributed by atoms with van der Waals surface area (Å²) in [6.45, 7) is 6.88. The van der Waals surface area contributed by atoms with Crippen molar-refractivity contribution in [3.05, 3.63) is 0 Å². The van der Waals surface area contributed by atoms with E-state index >= 15 is 0 Å². The highest BCUT2D eigenvalue weighted by Crippen LogP contribution is 2.09. The minimum absolute atomic E-state index is 0.0568. The van der Waals surface area contributed by atoms with E-state index in [4.69, 9.17) is 9.84 Å². The highest BCUT2D eigenvalue weighted by molar-refractivity contribution is 5.69. The van der Waals surface area contributed by atoms with Gasteiger partial charge in [0.25, 0.3) is 0 Å². The minimum atomic E-state index is -0.887. The number of ether oxygens (including phenoxy) is 1. The first kappa shape index (κ1) is 16.7. The van der Waals surface area contributed by atoms with Gasteiger partial charge in [0.1, 0.15) is 5.60 Å². The molecule has 6 heteroatoms. The van der Waals surface area contributed by atoms with Crippen molar-refractivity contribution in [3.8, 4) is 0 Å². The average Bonchev–Trinajstić information content (AvgIpc) is 2.20. The molecule has 2 atom stereocenters. The van der Waals surface area contributed by atoms with Gasteiger partial charge in [-0.05, 0) is 33.6 Å². The van der Waals surface area contributed by atoms with E-state index in [0.717, 1.165) is 0 Å². The fraction of sp³-hybridized carbons (Fsp3) is 0.833. The summed E-state index contributed by atoms with van der Waals surface area (Å²) in [5.74, 6) is -1.39. The molecular formula is C12H23NO5. The maximum absolute atomic E-state index is 11.3. The molecule has 106 valence electrons. The Hall–Kier alpha value is -1.30. The Kier molecular flexibility index (Phi) is 6.68. The second-order valence-corrected chi connectivity index (χ2v) is 5.35. The van der Waals surface area contributed by atoms with Crippen LogP contribution in [0.4, 0.5) is 4.79 Å². The first-order valence-corrected chi connectivity index (χ1v) is 5.99. The molecule has 3 N–H and O–H groups in total. The molecule has 0 aliphatic carbocycles. The number of nitrogens with one attached hydrogen (secondary N) is 1. The molecule has 0 saturated carbocycles. The van der Waals surface area contributed by atoms with Crippen LogP contribution in [0.15, 0.2) is 0 Å². The topological polar surface area (TPSA) is 95.9 Å². The molecule has 6 nitrogen and oxygen atoms in total. The van der Waals surface area contributed by atoms with Crippen molar-refractivity contribution >= 4 is 12.1 Å². The van der Waals surface area contributed by atoms with Crippen molar-refractivity contribution in [1.82, 2.24) is 5.32 Å². The summed E-state index contributed by atoms with van der Waals surface area (Å²) >= 11 is 0. The Morgan fingerprint density at radius 3 is 2.28 bits per heavy atom. The second-order valence-electron chi connectivity index (χ2n) is 5.35. The molecule has 0 fully saturated rings. The molecule has 0 aliphatic rings. The number of amides is 1. The summed E-state index contributed by atoms with van der Waals surface area (Å²) in [4.78, 5) is 21.8. The van der Waals surface area contributed by atoms with Crippen LogP contribution < -0.4 is 5.32 Å². The van der Waals surface area contributed by atoms with Crippen LogP contribution in [0.2, 0.25) is 0 Å². The molecule has 0 aromatic carbocycles. The van der Waals surface area contributed by atoms with E-state index in [0.29, 0.717) is 12.8 Å². The molecule has 1 amide bonds. The number of hydrogen-bond acceptors (Lipinski definition) is 4. The van der Waals surface area contributed by atoms with E-state index in [2.05, 4.69) is 5.32 Å². The molecule has 0 bridgehead atoms. The van der Waals surface area contributed by atoms with Crippen LogP contribution in [0.25, 0.3) is 0 Å². The highest BCUT2D eigenvalue weighted by Gasteiger charge is 2.17. The van der Waals surface area contributed by atoms with Crippen molar-refractivity contribution in [2.24, 2.45) is 5.92 Å². The van der Waals surface area contributed by atoms with E-state index in [1.807, 2.05) is 0 Å². The fourth-order valence-corrected chi connectivity index (χ4v) is 1.18. The summed E-state index contributed by atoms with van der Waals surface area (Å²) in [5.41, 5.74) is -0.577. The third-order valence-electron chi connectivity index (χ3n) is 2.24. The van der Waals surface area contributed by atoms with Crippen LogP contribution in [-0.2, 0) is 9.53 Å². The number of aliphatic hydroxyl groups excluding tert-OH is 1. The molecule has 0 spiro atoms. The smallest absolute Gasteiger partial charge is 0.407 e. The number of alkyl carbamates (subject to hydrolysis) is 1. The molecule has 0 heterocycles. The molecule has 18 heavy (non-hydrogen) atoms. The molecule has 0 aromatic rings. The van der Waals surface area contributed by atoms with Gasteiger partial charge in [-0.3, -0.25) is 4.79 Å². The van der Waals surface area contributed by atoms with Crippen LogP contribution in [0.1, 0.15) is 40.5 Å². The number of carbonyl (C=O) groups is 2. The molecule has 0 rings (SSSR count). The monoisotopic (exact) mass is 261 g/mol. The lowest BCUT2D eigenvalue weighted by Gasteiger charge is -2.20. The molecule has 0 aromatic heterocycles. The minimum Gasteiger partial charge on any atom is -0.481 e. The van der Waals surface area contributed by atoms with Gasteiger partial charge in [0.15, 0.2) is 0 Å². The van der Waals surface area contributed by atoms with Crippen molar-refractivity contribution < 1.29 is 24.5 Å². The van der Waals surface area contributed by atoms with Gasteiger partial charge in [-0.15, -0.1) is 0 Å². The van der Waals surface area contributed by atoms with E-state index < -0.39 is 29.7 Å². The third-order valence-corrected chi connectivity index (χ3v) is 2.24. The fourth-order valence-electron chi connectivity index (χ4n) is 1.18. The van der Waals surface area contributed by atoms with Gasteiger partial charge in [-0.1, -0.05) is 6.92 Å². The van der Waals surface area contributed by atoms with Gasteiger partial charge in [-0.25, -0.2) is 4.79 Å². The van der Waals surface area contributed by atoms with E-state index in [1.54, 1.807) is 27.7 Å². The molecule has 2 unspecified atom stereocenters. The van der Waals surface area contributed by atoms with Crippen molar-refractivity contribution in [3.63, 3.8) is 0 Å². The van der Waals surface area contributed by atoms with Gasteiger partial charge in [0, 0.05) is 6.54 Å². The number of carbonyl (C=O) groups excluding carboxylic acids is 1. The second kappa shape index (κ2) is 7.20. The summed E-state index contributed by atoms with van der Waals surface area (Å²) in [6, 6.07) is 0. The lowest BCUT2D eigenvalue weighted by molar-refractivity contribution is -0.141. The summed E-state index contributed by atoms with van der Waals surface area (Å²) in [6.07, 6.45) is -0.664. The Labute approximate surface area is 107 Å². The van der Waals surface area contributed by atoms with E-state index in [9.17, 15) is 14.7 Å². The zero-order chi connectivity index (χ0) is 14.3. The Balaban J connectivity index is 3.80. The van der Waals surface area contributed by atoms with Crippen molar-refractivity contribution in [2.45, 2.75) is 52.2 Å². The predicted molar refractivity (Wildman–Crippen MR) is 66.3 cm³/mol. The van der Waals surface area contributed by atoms with Crippen LogP contribution in [-0.4, -0.2) is 40.5 Å². The number of rotatable bonds is 6. The highest BCUT2D eigenvalue weighted by atomic mass is 16.6. The average molecular weight is 261 g/mol. The van der Waals surface area contributed by atoms with E-state index in [1.165, 1.54) is 0 Å². The Morgan fingerprint density at radius 1 is 1.28 bits per heavy atom. The van der Waals surface area contributed by atoms with Gasteiger partial charge in [-0.2, -0.15) is 0 Å². The number of aliphatic carboxylic acids is 1. The lowest BCUT2D eigenvalue weighted by Crippen LogP contribution is -2.37. The maximum atomic E-state index is 11.3. The van der Waals surface area contributed by atoms with Crippen molar-refractivity contribution in [1.29, 1.82) is 0 Å². The Morgan fingerprint density at radius 2 is 1.83 bits per heavy atom. The van der Waals surface area contributed by atoms with E-state index in [-0.39, 0.29) is 6.54 Å². The quantitative estimate of drug-likeness (QED) is 0.671. The number of carboxylic acid groups (broad SMARTS) is 1. The number of aliphatic hydroxyl groups is 1. The first-order valence-electron chi connectivity index (χ1n) is 5.99. The lowest BCUT2D eigenvalue weighted by atomic mass is 10.0. The standard InChI is InChI=1S/C12H23NO5/c1-8(10(15)16)5-6-9(14)7-13-11(17)18-12(2,3)4/h8-9,14H,5-7H2,1-4H3,(H,13,17)(H,15,16). The summed E-state index contributed by atoms with van der Waals surface area (Å²) < 4.78 is 5.00. The molecular weight excluding hydrogens is 238 g/mol. The SMILES string of the molecule is CC(CCC(O)CNC(=O)OC(C)(C)C)C(=O)O. The largest absolute Gasteiger partial charge is 0.481 e. The van der Waals surface area contributed by atoms with Crippen LogP contribution >= 0.6 is 0 Å². The van der Waals surface area contributed by atoms with Gasteiger partial charge in [0.05, 0.1) is 12.0 Å².